The van der Waals surface area contributed by atoms with E-state index in [1.165, 1.54) is 0 Å². The first-order chi connectivity index (χ1) is 19.6. The second-order valence-electron chi connectivity index (χ2n) is 9.82. The Hall–Kier alpha value is -3.74. The second kappa shape index (κ2) is 10.6. The first kappa shape index (κ1) is 27.4. The Morgan fingerprint density at radius 1 is 1.12 bits per heavy atom. The van der Waals surface area contributed by atoms with Crippen molar-refractivity contribution in [2.75, 3.05) is 30.0 Å². The predicted molar refractivity (Wildman–Crippen MR) is 150 cm³/mol. The van der Waals surface area contributed by atoms with Gasteiger partial charge < -0.3 is 24.6 Å². The lowest BCUT2D eigenvalue weighted by molar-refractivity contribution is -0.142. The number of aliphatic hydroxyl groups is 1. The molecule has 14 heteroatoms. The quantitative estimate of drug-likeness (QED) is 0.245. The summed E-state index contributed by atoms with van der Waals surface area (Å²) in [4.78, 5) is 15.7. The van der Waals surface area contributed by atoms with E-state index >= 15 is 0 Å². The first-order valence-electron chi connectivity index (χ1n) is 12.7. The summed E-state index contributed by atoms with van der Waals surface area (Å²) in [6.07, 6.45) is -3.99. The van der Waals surface area contributed by atoms with E-state index in [1.54, 1.807) is 30.2 Å². The van der Waals surface area contributed by atoms with Gasteiger partial charge in [-0.15, -0.1) is 5.10 Å². The normalized spacial score (nSPS) is 15.8. The van der Waals surface area contributed by atoms with Gasteiger partial charge in [-0.1, -0.05) is 35.3 Å². The number of benzene rings is 2. The molecule has 9 nitrogen and oxygen atoms in total. The fraction of sp³-hybridized carbons (Fsp3) is 0.296. The van der Waals surface area contributed by atoms with E-state index in [4.69, 9.17) is 27.9 Å². The third-order valence-corrected chi connectivity index (χ3v) is 7.72. The Morgan fingerprint density at radius 3 is 2.56 bits per heavy atom. The Morgan fingerprint density at radius 2 is 1.88 bits per heavy atom. The highest BCUT2D eigenvalue weighted by molar-refractivity contribution is 6.42. The minimum Gasteiger partial charge on any atom is -0.497 e. The molecular formula is C27H24Cl2F3N7O2. The molecule has 0 bridgehead atoms. The van der Waals surface area contributed by atoms with Gasteiger partial charge in [-0.05, 0) is 36.2 Å². The Balaban J connectivity index is 1.49. The fourth-order valence-corrected chi connectivity index (χ4v) is 5.28. The number of alkyl halides is 3. The first-order valence-corrected chi connectivity index (χ1v) is 13.4. The maximum absolute atomic E-state index is 14.0. The number of methoxy groups -OCH3 is 1. The number of imidazole rings is 2. The molecule has 41 heavy (non-hydrogen) atoms. The molecule has 1 fully saturated rings. The van der Waals surface area contributed by atoms with E-state index in [2.05, 4.69) is 20.1 Å². The third-order valence-electron chi connectivity index (χ3n) is 7.00. The number of hydrogen-bond acceptors (Lipinski definition) is 7. The highest BCUT2D eigenvalue weighted by Crippen LogP contribution is 2.35. The zero-order valence-corrected chi connectivity index (χ0v) is 23.2. The van der Waals surface area contributed by atoms with Gasteiger partial charge in [0.05, 0.1) is 52.7 Å². The summed E-state index contributed by atoms with van der Waals surface area (Å²) in [5.41, 5.74) is 1.61. The maximum Gasteiger partial charge on any atom is 0.435 e. The smallest absolute Gasteiger partial charge is 0.435 e. The van der Waals surface area contributed by atoms with Crippen molar-refractivity contribution in [2.24, 2.45) is 0 Å². The van der Waals surface area contributed by atoms with Crippen molar-refractivity contribution in [3.63, 3.8) is 0 Å². The summed E-state index contributed by atoms with van der Waals surface area (Å²) in [6, 6.07) is 12.4. The van der Waals surface area contributed by atoms with Crippen LogP contribution in [0.25, 0.3) is 16.7 Å². The number of fused-ring (bicyclic) bond motifs is 2. The molecule has 1 aliphatic rings. The predicted octanol–water partition coefficient (Wildman–Crippen LogP) is 5.72. The summed E-state index contributed by atoms with van der Waals surface area (Å²) in [6.45, 7) is 1.21. The summed E-state index contributed by atoms with van der Waals surface area (Å²) in [5, 5.41) is 15.2. The third kappa shape index (κ3) is 5.46. The molecule has 0 radical (unpaired) electrons. The number of anilines is 2. The van der Waals surface area contributed by atoms with Gasteiger partial charge in [0.15, 0.2) is 17.2 Å². The average molecular weight is 606 g/mol. The van der Waals surface area contributed by atoms with E-state index in [0.29, 0.717) is 63.7 Å². The minimum atomic E-state index is -4.68. The summed E-state index contributed by atoms with van der Waals surface area (Å²) >= 11 is 12.4. The lowest BCUT2D eigenvalue weighted by Gasteiger charge is -2.26. The van der Waals surface area contributed by atoms with Crippen molar-refractivity contribution < 1.29 is 23.0 Å². The van der Waals surface area contributed by atoms with Gasteiger partial charge in [0, 0.05) is 25.7 Å². The lowest BCUT2D eigenvalue weighted by Crippen LogP contribution is -2.27. The van der Waals surface area contributed by atoms with Crippen molar-refractivity contribution in [2.45, 2.75) is 31.8 Å². The number of β-amino-alcohol motifs (C(OH)–C–C–N with tert-alkyl or cyclic N) is 1. The van der Waals surface area contributed by atoms with Crippen molar-refractivity contribution in [1.29, 1.82) is 0 Å². The monoisotopic (exact) mass is 605 g/mol. The van der Waals surface area contributed by atoms with Gasteiger partial charge in [0.2, 0.25) is 0 Å². The molecule has 1 aliphatic heterocycles. The number of halogens is 5. The second-order valence-corrected chi connectivity index (χ2v) is 10.6. The van der Waals surface area contributed by atoms with Crippen LogP contribution in [0.3, 0.4) is 0 Å². The number of H-pyrrole nitrogens is 1. The van der Waals surface area contributed by atoms with Crippen LogP contribution in [0.4, 0.5) is 24.7 Å². The van der Waals surface area contributed by atoms with Crippen LogP contribution in [-0.2, 0) is 19.3 Å². The van der Waals surface area contributed by atoms with Gasteiger partial charge in [0.25, 0.3) is 0 Å². The molecule has 1 atom stereocenters. The Bertz CT molecular complexity index is 1680. The molecule has 0 aliphatic carbocycles. The minimum absolute atomic E-state index is 0.0385. The van der Waals surface area contributed by atoms with Crippen LogP contribution in [0.2, 0.25) is 10.0 Å². The van der Waals surface area contributed by atoms with Crippen LogP contribution in [0.15, 0.2) is 48.7 Å². The molecule has 2 N–H and O–H groups in total. The van der Waals surface area contributed by atoms with Crippen molar-refractivity contribution in [1.82, 2.24) is 24.6 Å². The molecule has 4 heterocycles. The van der Waals surface area contributed by atoms with E-state index in [0.717, 1.165) is 16.3 Å². The number of nitrogens with one attached hydrogen (secondary N) is 1. The van der Waals surface area contributed by atoms with Gasteiger partial charge in [0.1, 0.15) is 11.6 Å². The van der Waals surface area contributed by atoms with Gasteiger partial charge in [-0.3, -0.25) is 0 Å². The lowest BCUT2D eigenvalue weighted by atomic mass is 10.2. The summed E-state index contributed by atoms with van der Waals surface area (Å²) in [5.74, 6) is 1.52. The van der Waals surface area contributed by atoms with E-state index in [1.807, 2.05) is 29.2 Å². The molecule has 214 valence electrons. The van der Waals surface area contributed by atoms with Crippen molar-refractivity contribution in [3.8, 4) is 5.75 Å². The number of ether oxygens (including phenoxy) is 1. The standard InChI is InChI=1S/C27H24Cl2F3N7O2/c1-41-17-4-2-15(3-5-17)12-38(14-24-34-20-8-18(28)19(29)9-21(20)35-24)22-10-25(37-7-6-16(40)13-37)36-39-23(27(30,31)32)11-33-26(22)39/h2-5,8-11,16,40H,6-7,12-14H2,1H3,(H,34,35)/t16-/m0/s1. The van der Waals surface area contributed by atoms with Crippen molar-refractivity contribution in [3.05, 3.63) is 75.8 Å². The molecule has 6 rings (SSSR count). The molecule has 0 saturated carbocycles. The average Bonchev–Trinajstić information content (AvgIpc) is 3.66. The van der Waals surface area contributed by atoms with Gasteiger partial charge in [-0.2, -0.15) is 13.2 Å². The fourth-order valence-electron chi connectivity index (χ4n) is 4.96. The zero-order valence-electron chi connectivity index (χ0n) is 21.7. The van der Waals surface area contributed by atoms with Crippen LogP contribution in [-0.4, -0.2) is 56.0 Å². The Labute approximate surface area is 242 Å². The number of nitrogens with zero attached hydrogens (tertiary/aromatic N) is 6. The Kier molecular flexibility index (Phi) is 7.08. The number of hydrogen-bond donors (Lipinski definition) is 2. The zero-order chi connectivity index (χ0) is 28.9. The SMILES string of the molecule is COc1ccc(CN(Cc2nc3cc(Cl)c(Cl)cc3[nH]2)c2cc(N3CC[C@H](O)C3)nn3c(C(F)(F)F)cnc23)cc1. The van der Waals surface area contributed by atoms with E-state index in [-0.39, 0.29) is 18.7 Å². The topological polar surface area (TPSA) is 94.8 Å². The van der Waals surface area contributed by atoms with Crippen LogP contribution >= 0.6 is 23.2 Å². The molecule has 5 aromatic rings. The highest BCUT2D eigenvalue weighted by atomic mass is 35.5. The van der Waals surface area contributed by atoms with Crippen LogP contribution in [0.5, 0.6) is 5.75 Å². The van der Waals surface area contributed by atoms with Crippen molar-refractivity contribution >= 4 is 51.4 Å². The highest BCUT2D eigenvalue weighted by Gasteiger charge is 2.37. The van der Waals surface area contributed by atoms with E-state index in [9.17, 15) is 18.3 Å². The van der Waals surface area contributed by atoms with Crippen LogP contribution < -0.4 is 14.5 Å². The molecule has 0 unspecified atom stereocenters. The van der Waals surface area contributed by atoms with Crippen LogP contribution in [0, 0.1) is 0 Å². The van der Waals surface area contributed by atoms with Gasteiger partial charge in [-0.25, -0.2) is 14.5 Å². The largest absolute Gasteiger partial charge is 0.497 e. The molecule has 0 spiro atoms. The number of aromatic nitrogens is 5. The number of aromatic amines is 1. The van der Waals surface area contributed by atoms with Gasteiger partial charge >= 0.3 is 6.18 Å². The number of aliphatic hydroxyl groups excluding tert-OH is 1. The maximum atomic E-state index is 14.0. The van der Waals surface area contributed by atoms with Crippen LogP contribution in [0.1, 0.15) is 23.5 Å². The molecule has 2 aromatic carbocycles. The summed E-state index contributed by atoms with van der Waals surface area (Å²) in [7, 11) is 1.57. The molecular weight excluding hydrogens is 582 g/mol. The molecule has 3 aromatic heterocycles. The summed E-state index contributed by atoms with van der Waals surface area (Å²) < 4.78 is 48.1. The molecule has 0 amide bonds. The van der Waals surface area contributed by atoms with E-state index < -0.39 is 18.0 Å². The molecule has 1 saturated heterocycles. The number of rotatable bonds is 7.